The third kappa shape index (κ3) is 3.33. The molecule has 0 aliphatic heterocycles. The van der Waals surface area contributed by atoms with Gasteiger partial charge in [0.25, 0.3) is 5.69 Å². The standard InChI is InChI=1S/C15H16N2O3/c1-15(2)8-11(10-18)7-13(9-15)16-12-3-5-14(6-4-12)17(19)20/h3-7,16H,8-9H2,1-2H3. The summed E-state index contributed by atoms with van der Waals surface area (Å²) in [5.41, 5.74) is 2.40. The van der Waals surface area contributed by atoms with Crippen molar-refractivity contribution in [3.8, 4) is 0 Å². The molecule has 1 N–H and O–H groups in total. The third-order valence-electron chi connectivity index (χ3n) is 3.20. The van der Waals surface area contributed by atoms with Gasteiger partial charge in [0.15, 0.2) is 0 Å². The zero-order valence-electron chi connectivity index (χ0n) is 11.5. The van der Waals surface area contributed by atoms with Gasteiger partial charge in [-0.1, -0.05) is 13.8 Å². The van der Waals surface area contributed by atoms with Gasteiger partial charge in [-0.15, -0.1) is 0 Å². The van der Waals surface area contributed by atoms with Gasteiger partial charge in [-0.05, 0) is 36.5 Å². The van der Waals surface area contributed by atoms with Gasteiger partial charge in [0, 0.05) is 29.1 Å². The topological polar surface area (TPSA) is 72.2 Å². The lowest BCUT2D eigenvalue weighted by molar-refractivity contribution is -0.384. The molecule has 1 aromatic rings. The Morgan fingerprint density at radius 1 is 1.25 bits per heavy atom. The lowest BCUT2D eigenvalue weighted by Crippen LogP contribution is -2.20. The van der Waals surface area contributed by atoms with Crippen LogP contribution in [0, 0.1) is 15.5 Å². The molecule has 0 atom stereocenters. The molecule has 0 amide bonds. The van der Waals surface area contributed by atoms with Crippen LogP contribution in [0.25, 0.3) is 0 Å². The molecule has 0 aromatic heterocycles. The number of rotatable bonds is 3. The van der Waals surface area contributed by atoms with Crippen LogP contribution < -0.4 is 5.32 Å². The number of hydrogen-bond donors (Lipinski definition) is 1. The molecule has 0 unspecified atom stereocenters. The number of hydrogen-bond acceptors (Lipinski definition) is 4. The first-order chi connectivity index (χ1) is 9.39. The summed E-state index contributed by atoms with van der Waals surface area (Å²) < 4.78 is 0. The van der Waals surface area contributed by atoms with Crippen molar-refractivity contribution in [2.24, 2.45) is 5.41 Å². The Balaban J connectivity index is 2.18. The number of nitrogens with one attached hydrogen (secondary N) is 1. The van der Waals surface area contributed by atoms with Gasteiger partial charge in [0.1, 0.15) is 5.94 Å². The summed E-state index contributed by atoms with van der Waals surface area (Å²) in [5.74, 6) is 1.96. The molecule has 2 rings (SSSR count). The fourth-order valence-corrected chi connectivity index (χ4v) is 2.40. The molecule has 1 aliphatic carbocycles. The molecule has 0 spiro atoms. The van der Waals surface area contributed by atoms with Crippen molar-refractivity contribution < 1.29 is 9.72 Å². The number of nitro groups is 1. The van der Waals surface area contributed by atoms with E-state index in [1.807, 2.05) is 5.94 Å². The number of anilines is 1. The molecule has 0 saturated carbocycles. The fraction of sp³-hybridized carbons (Fsp3) is 0.333. The monoisotopic (exact) mass is 272 g/mol. The minimum atomic E-state index is -0.431. The number of benzene rings is 1. The van der Waals surface area contributed by atoms with Crippen LogP contribution >= 0.6 is 0 Å². The van der Waals surface area contributed by atoms with Gasteiger partial charge in [-0.3, -0.25) is 10.1 Å². The summed E-state index contributed by atoms with van der Waals surface area (Å²) in [4.78, 5) is 21.0. The van der Waals surface area contributed by atoms with E-state index in [1.165, 1.54) is 12.1 Å². The van der Waals surface area contributed by atoms with Crippen molar-refractivity contribution in [1.29, 1.82) is 0 Å². The van der Waals surface area contributed by atoms with Gasteiger partial charge in [0.05, 0.1) is 4.92 Å². The highest BCUT2D eigenvalue weighted by Gasteiger charge is 2.26. The van der Waals surface area contributed by atoms with Crippen molar-refractivity contribution in [3.63, 3.8) is 0 Å². The zero-order chi connectivity index (χ0) is 14.8. The number of nitro benzene ring substituents is 1. The number of carbonyl (C=O) groups excluding carboxylic acids is 1. The fourth-order valence-electron chi connectivity index (χ4n) is 2.40. The van der Waals surface area contributed by atoms with Gasteiger partial charge in [-0.2, -0.15) is 0 Å². The summed E-state index contributed by atoms with van der Waals surface area (Å²) in [6, 6.07) is 6.22. The summed E-state index contributed by atoms with van der Waals surface area (Å²) in [6.07, 6.45) is 3.33. The normalized spacial score (nSPS) is 17.1. The second kappa shape index (κ2) is 5.31. The van der Waals surface area contributed by atoms with Gasteiger partial charge < -0.3 is 5.32 Å². The zero-order valence-corrected chi connectivity index (χ0v) is 11.5. The Hall–Kier alpha value is -2.39. The van der Waals surface area contributed by atoms with E-state index in [2.05, 4.69) is 19.2 Å². The molecule has 0 bridgehead atoms. The SMILES string of the molecule is CC1(C)CC(=C=O)C=C(Nc2ccc([N+](=O)[O-])cc2)C1. The molecule has 5 heteroatoms. The van der Waals surface area contributed by atoms with Gasteiger partial charge in [-0.25, -0.2) is 4.79 Å². The maximum atomic E-state index is 10.9. The Morgan fingerprint density at radius 3 is 2.45 bits per heavy atom. The van der Waals surface area contributed by atoms with Crippen LogP contribution in [0.3, 0.4) is 0 Å². The van der Waals surface area contributed by atoms with Crippen molar-refractivity contribution >= 4 is 17.3 Å². The quantitative estimate of drug-likeness (QED) is 0.519. The second-order valence-corrected chi connectivity index (χ2v) is 5.74. The third-order valence-corrected chi connectivity index (χ3v) is 3.20. The molecule has 20 heavy (non-hydrogen) atoms. The maximum absolute atomic E-state index is 10.9. The van der Waals surface area contributed by atoms with Gasteiger partial charge in [0.2, 0.25) is 0 Å². The largest absolute Gasteiger partial charge is 0.359 e. The summed E-state index contributed by atoms with van der Waals surface area (Å²) >= 11 is 0. The van der Waals surface area contributed by atoms with Crippen molar-refractivity contribution in [3.05, 3.63) is 51.7 Å². The Bertz CT molecular complexity index is 609. The second-order valence-electron chi connectivity index (χ2n) is 5.74. The molecular weight excluding hydrogens is 256 g/mol. The lowest BCUT2D eigenvalue weighted by Gasteiger charge is -2.30. The predicted octanol–water partition coefficient (Wildman–Crippen LogP) is 3.47. The molecule has 0 heterocycles. The molecular formula is C15H16N2O3. The number of allylic oxidation sites excluding steroid dienone is 3. The van der Waals surface area contributed by atoms with E-state index in [1.54, 1.807) is 18.2 Å². The van der Waals surface area contributed by atoms with Gasteiger partial charge >= 0.3 is 0 Å². The highest BCUT2D eigenvalue weighted by atomic mass is 16.6. The Labute approximate surface area is 117 Å². The average Bonchev–Trinajstić information content (AvgIpc) is 2.37. The minimum Gasteiger partial charge on any atom is -0.359 e. The van der Waals surface area contributed by atoms with Crippen LogP contribution in [0.5, 0.6) is 0 Å². The molecule has 104 valence electrons. The molecule has 1 aromatic carbocycles. The first-order valence-electron chi connectivity index (χ1n) is 6.36. The van der Waals surface area contributed by atoms with E-state index in [0.29, 0.717) is 12.0 Å². The molecule has 1 aliphatic rings. The van der Waals surface area contributed by atoms with Crippen LogP contribution in [-0.4, -0.2) is 10.9 Å². The highest BCUT2D eigenvalue weighted by molar-refractivity contribution is 5.61. The molecule has 0 radical (unpaired) electrons. The van der Waals surface area contributed by atoms with E-state index in [9.17, 15) is 14.9 Å². The highest BCUT2D eigenvalue weighted by Crippen LogP contribution is 2.37. The molecule has 5 nitrogen and oxygen atoms in total. The average molecular weight is 272 g/mol. The number of nitrogens with zero attached hydrogens (tertiary/aromatic N) is 1. The first kappa shape index (κ1) is 14.0. The van der Waals surface area contributed by atoms with E-state index in [0.717, 1.165) is 17.8 Å². The van der Waals surface area contributed by atoms with E-state index in [4.69, 9.17) is 0 Å². The summed E-state index contributed by atoms with van der Waals surface area (Å²) in [6.45, 7) is 4.18. The van der Waals surface area contributed by atoms with Crippen molar-refractivity contribution in [1.82, 2.24) is 0 Å². The summed E-state index contributed by atoms with van der Waals surface area (Å²) in [7, 11) is 0. The minimum absolute atomic E-state index is 0.00457. The van der Waals surface area contributed by atoms with E-state index in [-0.39, 0.29) is 11.1 Å². The Kier molecular flexibility index (Phi) is 3.72. The number of non-ortho nitro benzene ring substituents is 1. The molecule has 0 saturated heterocycles. The van der Waals surface area contributed by atoms with Crippen LogP contribution in [0.4, 0.5) is 11.4 Å². The van der Waals surface area contributed by atoms with Crippen LogP contribution in [0.2, 0.25) is 0 Å². The van der Waals surface area contributed by atoms with Crippen molar-refractivity contribution in [2.75, 3.05) is 5.32 Å². The van der Waals surface area contributed by atoms with Crippen LogP contribution in [0.1, 0.15) is 26.7 Å². The summed E-state index contributed by atoms with van der Waals surface area (Å²) in [5, 5.41) is 13.8. The smallest absolute Gasteiger partial charge is 0.269 e. The van der Waals surface area contributed by atoms with E-state index < -0.39 is 4.92 Å². The molecule has 0 fully saturated rings. The maximum Gasteiger partial charge on any atom is 0.269 e. The lowest BCUT2D eigenvalue weighted by atomic mass is 9.77. The Morgan fingerprint density at radius 2 is 1.90 bits per heavy atom. The van der Waals surface area contributed by atoms with Crippen molar-refractivity contribution in [2.45, 2.75) is 26.7 Å². The first-order valence-corrected chi connectivity index (χ1v) is 6.36. The van der Waals surface area contributed by atoms with E-state index >= 15 is 0 Å². The predicted molar refractivity (Wildman–Crippen MR) is 77.0 cm³/mol. The van der Waals surface area contributed by atoms with Crippen LogP contribution in [-0.2, 0) is 4.79 Å². The van der Waals surface area contributed by atoms with Crippen LogP contribution in [0.15, 0.2) is 41.6 Å².